The van der Waals surface area contributed by atoms with Crippen molar-refractivity contribution in [3.05, 3.63) is 48.6 Å². The van der Waals surface area contributed by atoms with Crippen LogP contribution in [-0.2, 0) is 30.3 Å². The van der Waals surface area contributed by atoms with E-state index in [4.69, 9.17) is 53.8 Å². The van der Waals surface area contributed by atoms with Crippen LogP contribution >= 0.6 is 34.8 Å². The largest absolute Gasteiger partial charge is 0.368 e. The first kappa shape index (κ1) is 23.8. The normalized spacial score (nSPS) is 33.1. The monoisotopic (exact) mass is 477 g/mol. The van der Waals surface area contributed by atoms with Gasteiger partial charge in [-0.2, -0.15) is 0 Å². The summed E-state index contributed by atoms with van der Waals surface area (Å²) in [6, 6.07) is 9.69. The maximum Gasteiger partial charge on any atom is 0.272 e. The molecule has 1 heterocycles. The van der Waals surface area contributed by atoms with Crippen LogP contribution in [0.25, 0.3) is 0 Å². The Labute approximate surface area is 191 Å². The lowest BCUT2D eigenvalue weighted by molar-refractivity contribution is -0.180. The number of carbonyl (C=O) groups excluding carboxylic acids is 1. The van der Waals surface area contributed by atoms with Gasteiger partial charge in [-0.05, 0) is 18.9 Å². The van der Waals surface area contributed by atoms with Crippen molar-refractivity contribution >= 4 is 40.7 Å². The third kappa shape index (κ3) is 4.51. The van der Waals surface area contributed by atoms with E-state index in [1.807, 2.05) is 37.3 Å². The van der Waals surface area contributed by atoms with Crippen LogP contribution in [0.4, 0.5) is 0 Å². The molecule has 2 aliphatic rings. The molecule has 0 spiro atoms. The Hall–Kier alpha value is -0.860. The van der Waals surface area contributed by atoms with Crippen LogP contribution < -0.4 is 5.32 Å². The third-order valence-electron chi connectivity index (χ3n) is 5.92. The number of halogens is 3. The number of carbonyl (C=O) groups is 1. The standard InChI is InChI=1S/C21H26Cl3NO5/c1-5-20(25-18(26)21(22,23)24)14(17(27-3)28-4)11-19(2)15(30-19)16(20)29-12-13-9-7-6-8-10-13/h5-10,14-17H,1,11-12H2,2-4H3,(H,25,26)/t14-,15-,16-,19+,20-/m1/s1. The van der Waals surface area contributed by atoms with E-state index in [0.29, 0.717) is 13.0 Å². The van der Waals surface area contributed by atoms with Gasteiger partial charge in [-0.3, -0.25) is 4.79 Å². The van der Waals surface area contributed by atoms with E-state index in [2.05, 4.69) is 11.9 Å². The number of amides is 1. The minimum atomic E-state index is -2.16. The molecule has 1 saturated carbocycles. The summed E-state index contributed by atoms with van der Waals surface area (Å²) < 4.78 is 21.3. The molecule has 9 heteroatoms. The van der Waals surface area contributed by atoms with Gasteiger partial charge in [-0.1, -0.05) is 71.2 Å². The zero-order chi connectivity index (χ0) is 22.2. The molecule has 1 aromatic rings. The van der Waals surface area contributed by atoms with Gasteiger partial charge < -0.3 is 24.3 Å². The predicted octanol–water partition coefficient (Wildman–Crippen LogP) is 3.78. The highest BCUT2D eigenvalue weighted by Crippen LogP contribution is 2.56. The van der Waals surface area contributed by atoms with Gasteiger partial charge in [0.1, 0.15) is 12.2 Å². The van der Waals surface area contributed by atoms with Crippen LogP contribution in [0, 0.1) is 5.92 Å². The molecule has 0 radical (unpaired) electrons. The van der Waals surface area contributed by atoms with E-state index in [-0.39, 0.29) is 6.10 Å². The molecule has 2 fully saturated rings. The van der Waals surface area contributed by atoms with Crippen molar-refractivity contribution in [3.8, 4) is 0 Å². The van der Waals surface area contributed by atoms with E-state index in [0.717, 1.165) is 5.56 Å². The molecule has 6 nitrogen and oxygen atoms in total. The summed E-state index contributed by atoms with van der Waals surface area (Å²) in [5.41, 5.74) is -0.631. The second-order valence-corrected chi connectivity index (χ2v) is 10.1. The van der Waals surface area contributed by atoms with Gasteiger partial charge in [0.25, 0.3) is 9.70 Å². The Bertz CT molecular complexity index is 770. The number of benzene rings is 1. The summed E-state index contributed by atoms with van der Waals surface area (Å²) in [5, 5.41) is 2.86. The molecule has 5 atom stereocenters. The van der Waals surface area contributed by atoms with Crippen molar-refractivity contribution in [3.63, 3.8) is 0 Å². The highest BCUT2D eigenvalue weighted by atomic mass is 35.6. The Balaban J connectivity index is 2.00. The number of methoxy groups -OCH3 is 2. The molecule has 1 aliphatic heterocycles. The molecular weight excluding hydrogens is 453 g/mol. The second kappa shape index (κ2) is 8.94. The molecule has 0 unspecified atom stereocenters. The molecule has 1 saturated heterocycles. The van der Waals surface area contributed by atoms with E-state index in [1.54, 1.807) is 6.08 Å². The molecular formula is C21H26Cl3NO5. The van der Waals surface area contributed by atoms with E-state index in [1.165, 1.54) is 14.2 Å². The molecule has 0 bridgehead atoms. The first-order valence-electron chi connectivity index (χ1n) is 9.53. The number of hydrogen-bond acceptors (Lipinski definition) is 5. The smallest absolute Gasteiger partial charge is 0.272 e. The van der Waals surface area contributed by atoms with Gasteiger partial charge in [0.05, 0.1) is 17.7 Å². The van der Waals surface area contributed by atoms with Crippen LogP contribution in [0.2, 0.25) is 0 Å². The Kier molecular flexibility index (Phi) is 7.09. The first-order valence-corrected chi connectivity index (χ1v) is 10.7. The SMILES string of the molecule is C=C[C@@]1(NC(=O)C(Cl)(Cl)Cl)[C@@H](C(OC)OC)C[C@]2(C)O[C@@H]2[C@H]1OCc1ccccc1. The van der Waals surface area contributed by atoms with Crippen LogP contribution in [0.5, 0.6) is 0 Å². The average Bonchev–Trinajstić information content (AvgIpc) is 3.39. The van der Waals surface area contributed by atoms with Crippen molar-refractivity contribution in [1.29, 1.82) is 0 Å². The topological polar surface area (TPSA) is 69.3 Å². The zero-order valence-corrected chi connectivity index (χ0v) is 19.3. The summed E-state index contributed by atoms with van der Waals surface area (Å²) in [6.45, 7) is 6.28. The molecule has 1 aromatic carbocycles. The fourth-order valence-electron chi connectivity index (χ4n) is 4.35. The van der Waals surface area contributed by atoms with Crippen molar-refractivity contribution in [1.82, 2.24) is 5.32 Å². The number of fused-ring (bicyclic) bond motifs is 1. The number of rotatable bonds is 8. The zero-order valence-electron chi connectivity index (χ0n) is 17.1. The molecule has 1 N–H and O–H groups in total. The van der Waals surface area contributed by atoms with E-state index >= 15 is 0 Å². The van der Waals surface area contributed by atoms with Crippen LogP contribution in [0.3, 0.4) is 0 Å². The summed E-state index contributed by atoms with van der Waals surface area (Å²) in [5.74, 6) is -1.20. The Morgan fingerprint density at radius 2 is 1.97 bits per heavy atom. The summed E-state index contributed by atoms with van der Waals surface area (Å²) in [6.07, 6.45) is 0.571. The van der Waals surface area contributed by atoms with Crippen LogP contribution in [0.15, 0.2) is 43.0 Å². The number of epoxide rings is 1. The lowest BCUT2D eigenvalue weighted by Crippen LogP contribution is -2.69. The van der Waals surface area contributed by atoms with Gasteiger partial charge in [-0.15, -0.1) is 6.58 Å². The van der Waals surface area contributed by atoms with Crippen molar-refractivity contribution in [2.24, 2.45) is 5.92 Å². The summed E-state index contributed by atoms with van der Waals surface area (Å²) >= 11 is 17.6. The molecule has 30 heavy (non-hydrogen) atoms. The molecule has 0 aromatic heterocycles. The quantitative estimate of drug-likeness (QED) is 0.266. The van der Waals surface area contributed by atoms with E-state index in [9.17, 15) is 4.79 Å². The number of nitrogens with one attached hydrogen (secondary N) is 1. The van der Waals surface area contributed by atoms with Crippen LogP contribution in [-0.4, -0.2) is 53.6 Å². The first-order chi connectivity index (χ1) is 14.1. The van der Waals surface area contributed by atoms with Gasteiger partial charge in [0.15, 0.2) is 6.29 Å². The maximum atomic E-state index is 12.7. The minimum Gasteiger partial charge on any atom is -0.368 e. The van der Waals surface area contributed by atoms with Crippen molar-refractivity contribution in [2.45, 2.75) is 53.4 Å². The number of alkyl halides is 3. The maximum absolute atomic E-state index is 12.7. The minimum absolute atomic E-state index is 0.277. The Morgan fingerprint density at radius 1 is 1.33 bits per heavy atom. The highest BCUT2D eigenvalue weighted by molar-refractivity contribution is 6.76. The van der Waals surface area contributed by atoms with Crippen LogP contribution in [0.1, 0.15) is 18.9 Å². The second-order valence-electron chi connectivity index (χ2n) is 7.81. The molecule has 1 aliphatic carbocycles. The van der Waals surface area contributed by atoms with Gasteiger partial charge in [0, 0.05) is 20.1 Å². The summed E-state index contributed by atoms with van der Waals surface area (Å²) in [4.78, 5) is 12.7. The van der Waals surface area contributed by atoms with Crippen molar-refractivity contribution < 1.29 is 23.7 Å². The lowest BCUT2D eigenvalue weighted by Gasteiger charge is -2.49. The fourth-order valence-corrected chi connectivity index (χ4v) is 4.49. The average molecular weight is 479 g/mol. The van der Waals surface area contributed by atoms with Gasteiger partial charge in [0.2, 0.25) is 0 Å². The van der Waals surface area contributed by atoms with E-state index < -0.39 is 39.2 Å². The fraction of sp³-hybridized carbons (Fsp3) is 0.571. The molecule has 166 valence electrons. The number of hydrogen-bond donors (Lipinski definition) is 1. The summed E-state index contributed by atoms with van der Waals surface area (Å²) in [7, 11) is 3.06. The Morgan fingerprint density at radius 3 is 2.50 bits per heavy atom. The predicted molar refractivity (Wildman–Crippen MR) is 116 cm³/mol. The third-order valence-corrected chi connectivity index (χ3v) is 6.43. The van der Waals surface area contributed by atoms with Gasteiger partial charge >= 0.3 is 0 Å². The van der Waals surface area contributed by atoms with Crippen molar-refractivity contribution in [2.75, 3.05) is 14.2 Å². The van der Waals surface area contributed by atoms with Gasteiger partial charge in [-0.25, -0.2) is 0 Å². The molecule has 3 rings (SSSR count). The number of ether oxygens (including phenoxy) is 4. The lowest BCUT2D eigenvalue weighted by atomic mass is 9.66. The molecule has 1 amide bonds. The highest BCUT2D eigenvalue weighted by Gasteiger charge is 2.71.